The first-order chi connectivity index (χ1) is 20.1. The molecule has 14 heteroatoms. The van der Waals surface area contributed by atoms with E-state index in [0.717, 1.165) is 0 Å². The highest BCUT2D eigenvalue weighted by molar-refractivity contribution is 5.98. The number of alkyl carbamates (subject to hydrolysis) is 2. The molecule has 1 aliphatic rings. The lowest BCUT2D eigenvalue weighted by molar-refractivity contribution is -0.240. The summed E-state index contributed by atoms with van der Waals surface area (Å²) in [6.07, 6.45) is -2.86. The number of carbonyl (C=O) groups excluding carboxylic acids is 5. The highest BCUT2D eigenvalue weighted by atomic mass is 16.7. The van der Waals surface area contributed by atoms with Crippen molar-refractivity contribution in [1.29, 1.82) is 0 Å². The zero-order valence-electron chi connectivity index (χ0n) is 24.2. The predicted molar refractivity (Wildman–Crippen MR) is 151 cm³/mol. The minimum Gasteiger partial charge on any atom is -0.444 e. The summed E-state index contributed by atoms with van der Waals surface area (Å²) in [6, 6.07) is 11.4. The predicted octanol–water partition coefficient (Wildman–Crippen LogP) is 1.97. The van der Waals surface area contributed by atoms with E-state index in [9.17, 15) is 24.0 Å². The number of hydroxylamine groups is 1. The number of ether oxygens (including phenoxy) is 3. The summed E-state index contributed by atoms with van der Waals surface area (Å²) in [5.74, 6) is 2.46. The van der Waals surface area contributed by atoms with Crippen molar-refractivity contribution in [3.8, 4) is 11.8 Å². The zero-order valence-corrected chi connectivity index (χ0v) is 24.2. The summed E-state index contributed by atoms with van der Waals surface area (Å²) in [6.45, 7) is 7.82. The van der Waals surface area contributed by atoms with Gasteiger partial charge in [-0.05, 0) is 69.3 Å². The number of benzene rings is 2. The van der Waals surface area contributed by atoms with Gasteiger partial charge < -0.3 is 30.2 Å². The second-order valence-corrected chi connectivity index (χ2v) is 10.7. The molecule has 2 aromatic carbocycles. The average Bonchev–Trinajstić information content (AvgIpc) is 2.92. The molecule has 0 saturated carbocycles. The van der Waals surface area contributed by atoms with Crippen LogP contribution >= 0.6 is 0 Å². The molecule has 0 spiro atoms. The molecule has 0 aromatic heterocycles. The van der Waals surface area contributed by atoms with Crippen molar-refractivity contribution in [2.45, 2.75) is 58.3 Å². The molecule has 0 bridgehead atoms. The number of amides is 5. The van der Waals surface area contributed by atoms with E-state index in [1.54, 1.807) is 57.2 Å². The molecule has 1 saturated heterocycles. The van der Waals surface area contributed by atoms with Crippen LogP contribution in [0.4, 0.5) is 15.3 Å². The third kappa shape index (κ3) is 10.3. The quantitative estimate of drug-likeness (QED) is 0.158. The van der Waals surface area contributed by atoms with Crippen molar-refractivity contribution in [2.24, 2.45) is 0 Å². The van der Waals surface area contributed by atoms with Crippen molar-refractivity contribution in [1.82, 2.24) is 21.4 Å². The van der Waals surface area contributed by atoms with Gasteiger partial charge in [-0.25, -0.2) is 15.1 Å². The fourth-order valence-electron chi connectivity index (χ4n) is 3.61. The molecule has 0 radical (unpaired) electrons. The summed E-state index contributed by atoms with van der Waals surface area (Å²) in [4.78, 5) is 60.7. The monoisotopic (exact) mass is 595 g/mol. The molecular formula is C29H33N5O9. The van der Waals surface area contributed by atoms with Gasteiger partial charge >= 0.3 is 12.2 Å². The van der Waals surface area contributed by atoms with Gasteiger partial charge in [-0.15, -0.1) is 0 Å². The minimum absolute atomic E-state index is 0.181. The van der Waals surface area contributed by atoms with Crippen molar-refractivity contribution in [3.63, 3.8) is 0 Å². The third-order valence-electron chi connectivity index (χ3n) is 5.45. The van der Waals surface area contributed by atoms with Crippen molar-refractivity contribution in [3.05, 3.63) is 65.2 Å². The number of rotatable bonds is 7. The third-order valence-corrected chi connectivity index (χ3v) is 5.45. The van der Waals surface area contributed by atoms with Gasteiger partial charge in [0.05, 0.1) is 0 Å². The summed E-state index contributed by atoms with van der Waals surface area (Å²) in [5.41, 5.74) is 2.72. The first-order valence-corrected chi connectivity index (χ1v) is 13.0. The summed E-state index contributed by atoms with van der Waals surface area (Å²) < 4.78 is 15.6. The van der Waals surface area contributed by atoms with E-state index in [1.807, 2.05) is 0 Å². The second kappa shape index (κ2) is 13.7. The number of anilines is 1. The van der Waals surface area contributed by atoms with Crippen molar-refractivity contribution >= 4 is 35.6 Å². The summed E-state index contributed by atoms with van der Waals surface area (Å²) in [7, 11) is 0. The zero-order chi connectivity index (χ0) is 31.8. The number of nitrogens with one attached hydrogen (secondary N) is 5. The first-order valence-electron chi connectivity index (χ1n) is 13.0. The molecular weight excluding hydrogens is 562 g/mol. The Bertz CT molecular complexity index is 1420. The highest BCUT2D eigenvalue weighted by Gasteiger charge is 2.42. The van der Waals surface area contributed by atoms with E-state index < -0.39 is 53.6 Å². The van der Waals surface area contributed by atoms with E-state index in [4.69, 9.17) is 19.4 Å². The molecule has 5 amide bonds. The van der Waals surface area contributed by atoms with Gasteiger partial charge in [-0.1, -0.05) is 11.8 Å². The molecule has 228 valence electrons. The normalized spacial score (nSPS) is 16.1. The van der Waals surface area contributed by atoms with Gasteiger partial charge in [0.1, 0.15) is 12.1 Å². The van der Waals surface area contributed by atoms with Crippen LogP contribution in [0.2, 0.25) is 0 Å². The van der Waals surface area contributed by atoms with Gasteiger partial charge in [0, 0.05) is 36.2 Å². The molecule has 43 heavy (non-hydrogen) atoms. The number of hydrogen-bond acceptors (Lipinski definition) is 9. The Kier molecular flexibility index (Phi) is 10.3. The Balaban J connectivity index is 1.57. The highest BCUT2D eigenvalue weighted by Crippen LogP contribution is 2.20. The number of hydrogen-bond donors (Lipinski definition) is 6. The molecule has 1 aliphatic heterocycles. The minimum atomic E-state index is -1.47. The maximum Gasteiger partial charge on any atom is 0.411 e. The fraction of sp³-hybridized carbons (Fsp3) is 0.345. The second-order valence-electron chi connectivity index (χ2n) is 10.7. The fourth-order valence-corrected chi connectivity index (χ4v) is 3.61. The topological polar surface area (TPSA) is 193 Å². The van der Waals surface area contributed by atoms with E-state index in [0.29, 0.717) is 16.8 Å². The molecule has 3 rings (SSSR count). The SMILES string of the molecule is CC(C)(C)OC(=O)NCC(=O)Nc1ccc(C#Cc2ccc(C(=O)N[C@H](C(=O)NO)C3NC(=O)OC(C)(C)O3)cc2)cc1. The molecule has 14 nitrogen and oxygen atoms in total. The maximum atomic E-state index is 12.8. The molecule has 1 unspecified atom stereocenters. The van der Waals surface area contributed by atoms with Crippen LogP contribution < -0.4 is 26.7 Å². The molecule has 1 heterocycles. The van der Waals surface area contributed by atoms with Crippen LogP contribution in [-0.4, -0.2) is 65.3 Å². The van der Waals surface area contributed by atoms with Crippen LogP contribution in [0.1, 0.15) is 56.1 Å². The molecule has 0 aliphatic carbocycles. The summed E-state index contributed by atoms with van der Waals surface area (Å²) in [5, 5.41) is 18.9. The molecule has 2 aromatic rings. The molecule has 2 atom stereocenters. The van der Waals surface area contributed by atoms with Crippen LogP contribution in [0.3, 0.4) is 0 Å². The van der Waals surface area contributed by atoms with Gasteiger partial charge in [0.25, 0.3) is 11.8 Å². The number of cyclic esters (lactones) is 1. The summed E-state index contributed by atoms with van der Waals surface area (Å²) >= 11 is 0. The van der Waals surface area contributed by atoms with E-state index >= 15 is 0 Å². The van der Waals surface area contributed by atoms with Gasteiger partial charge in [-0.2, -0.15) is 0 Å². The van der Waals surface area contributed by atoms with Crippen LogP contribution in [0, 0.1) is 11.8 Å². The van der Waals surface area contributed by atoms with Gasteiger partial charge in [0.15, 0.2) is 12.3 Å². The van der Waals surface area contributed by atoms with Crippen LogP contribution in [0.5, 0.6) is 0 Å². The Morgan fingerprint density at radius 3 is 2.14 bits per heavy atom. The maximum absolute atomic E-state index is 12.8. The van der Waals surface area contributed by atoms with E-state index in [1.165, 1.54) is 31.5 Å². The van der Waals surface area contributed by atoms with Crippen LogP contribution in [0.15, 0.2) is 48.5 Å². The Morgan fingerprint density at radius 2 is 1.60 bits per heavy atom. The molecule has 6 N–H and O–H groups in total. The largest absolute Gasteiger partial charge is 0.444 e. The smallest absolute Gasteiger partial charge is 0.411 e. The van der Waals surface area contributed by atoms with E-state index in [-0.39, 0.29) is 12.1 Å². The first kappa shape index (κ1) is 32.4. The Labute approximate surface area is 247 Å². The lowest BCUT2D eigenvalue weighted by atomic mass is 10.1. The molecule has 1 fully saturated rings. The lowest BCUT2D eigenvalue weighted by Crippen LogP contribution is -2.64. The lowest BCUT2D eigenvalue weighted by Gasteiger charge is -2.38. The van der Waals surface area contributed by atoms with E-state index in [2.05, 4.69) is 33.1 Å². The van der Waals surface area contributed by atoms with Crippen molar-refractivity contribution < 1.29 is 43.4 Å². The van der Waals surface area contributed by atoms with Gasteiger partial charge in [0.2, 0.25) is 11.7 Å². The van der Waals surface area contributed by atoms with Crippen LogP contribution in [0.25, 0.3) is 0 Å². The van der Waals surface area contributed by atoms with Gasteiger partial charge in [-0.3, -0.25) is 24.9 Å². The number of carbonyl (C=O) groups is 5. The average molecular weight is 596 g/mol. The standard InChI is InChI=1S/C29H33N5O9/c1-28(2,3)42-26(38)30-16-21(35)31-20-14-10-18(11-15-20)7-6-17-8-12-19(13-9-17)23(36)32-22(24(37)34-40)25-33-27(39)43-29(4,5)41-25/h8-15,22,25,40H,16H2,1-5H3,(H,30,38)(H,31,35)(H,32,36)(H,33,39)(H,34,37)/t22-,25?/m1/s1. The van der Waals surface area contributed by atoms with Crippen LogP contribution in [-0.2, 0) is 23.8 Å². The van der Waals surface area contributed by atoms with Crippen molar-refractivity contribution in [2.75, 3.05) is 11.9 Å². The Hall–Kier alpha value is -5.13. The Morgan fingerprint density at radius 1 is 1.02 bits per heavy atom.